The molecule has 1 unspecified atom stereocenters. The highest BCUT2D eigenvalue weighted by molar-refractivity contribution is 6.31. The van der Waals surface area contributed by atoms with Crippen molar-refractivity contribution in [3.63, 3.8) is 0 Å². The fourth-order valence-corrected chi connectivity index (χ4v) is 2.18. The van der Waals surface area contributed by atoms with E-state index in [0.717, 1.165) is 11.3 Å². The first-order valence-electron chi connectivity index (χ1n) is 5.92. The van der Waals surface area contributed by atoms with Crippen LogP contribution in [0.15, 0.2) is 30.3 Å². The van der Waals surface area contributed by atoms with Gasteiger partial charge in [-0.25, -0.2) is 0 Å². The first kappa shape index (κ1) is 13.5. The van der Waals surface area contributed by atoms with E-state index in [1.807, 2.05) is 30.3 Å². The lowest BCUT2D eigenvalue weighted by Crippen LogP contribution is -2.35. The molecule has 0 bridgehead atoms. The number of carbonyl (C=O) groups is 1. The molecule has 0 aromatic heterocycles. The molecular weight excluding hydrogens is 262 g/mol. The molecule has 1 atom stereocenters. The molecule has 0 fully saturated rings. The fraction of sp³-hybridized carbons (Fsp3) is 0.267. The second-order valence-corrected chi connectivity index (χ2v) is 4.73. The van der Waals surface area contributed by atoms with Gasteiger partial charge in [-0.1, -0.05) is 12.0 Å². The number of ether oxygens (including phenoxy) is 1. The largest absolute Gasteiger partial charge is 0.481 e. The lowest BCUT2D eigenvalue weighted by molar-refractivity contribution is -0.126. The third-order valence-corrected chi connectivity index (χ3v) is 3.32. The second-order valence-electron chi connectivity index (χ2n) is 4.21. The van der Waals surface area contributed by atoms with Crippen LogP contribution in [0.4, 0.5) is 0 Å². The molecule has 0 spiro atoms. The molecule has 0 saturated carbocycles. The van der Waals surface area contributed by atoms with Crippen molar-refractivity contribution in [2.45, 2.75) is 11.8 Å². The van der Waals surface area contributed by atoms with Crippen molar-refractivity contribution in [3.05, 3.63) is 35.9 Å². The highest BCUT2D eigenvalue weighted by Gasteiger charge is 2.26. The van der Waals surface area contributed by atoms with Crippen LogP contribution < -0.4 is 4.74 Å². The second kappa shape index (κ2) is 5.81. The molecule has 0 radical (unpaired) electrons. The number of hydrogen-bond acceptors (Lipinski definition) is 2. The van der Waals surface area contributed by atoms with Crippen LogP contribution in [-0.4, -0.2) is 29.8 Å². The smallest absolute Gasteiger partial charge is 0.245 e. The molecule has 4 heteroatoms. The number of alkyl halides is 1. The van der Waals surface area contributed by atoms with Crippen molar-refractivity contribution in [1.29, 1.82) is 0 Å². The predicted octanol–water partition coefficient (Wildman–Crippen LogP) is 2.51. The molecule has 3 nitrogen and oxygen atoms in total. The number of hydrogen-bond donors (Lipinski definition) is 0. The van der Waals surface area contributed by atoms with Crippen LogP contribution in [0.2, 0.25) is 0 Å². The molecule has 1 heterocycles. The van der Waals surface area contributed by atoms with E-state index in [1.165, 1.54) is 0 Å². The lowest BCUT2D eigenvalue weighted by Gasteiger charge is -2.27. The van der Waals surface area contributed by atoms with E-state index in [1.54, 1.807) is 11.9 Å². The zero-order valence-corrected chi connectivity index (χ0v) is 11.4. The molecule has 1 aromatic carbocycles. The molecular formula is C15H14ClNO2. The molecule has 98 valence electrons. The molecule has 0 saturated heterocycles. The van der Waals surface area contributed by atoms with Gasteiger partial charge in [0.1, 0.15) is 17.7 Å². The van der Waals surface area contributed by atoms with Gasteiger partial charge in [-0.2, -0.15) is 0 Å². The van der Waals surface area contributed by atoms with Crippen LogP contribution in [-0.2, 0) is 4.79 Å². The van der Waals surface area contributed by atoms with Crippen molar-refractivity contribution in [1.82, 2.24) is 4.90 Å². The summed E-state index contributed by atoms with van der Waals surface area (Å²) in [6.07, 6.45) is 7.65. The SMILES string of the molecule is C#CCOc1ccc(C2=CCC(Cl)C(=O)N2C)cc1. The lowest BCUT2D eigenvalue weighted by atomic mass is 10.0. The summed E-state index contributed by atoms with van der Waals surface area (Å²) in [5, 5.41) is -0.466. The highest BCUT2D eigenvalue weighted by Crippen LogP contribution is 2.27. The van der Waals surface area contributed by atoms with Crippen molar-refractivity contribution < 1.29 is 9.53 Å². The molecule has 19 heavy (non-hydrogen) atoms. The Morgan fingerprint density at radius 3 is 2.79 bits per heavy atom. The standard InChI is InChI=1S/C15H14ClNO2/c1-3-10-19-12-6-4-11(5-7-12)14-9-8-13(16)15(18)17(14)2/h1,4-7,9,13H,8,10H2,2H3. The molecule has 2 rings (SSSR count). The Kier molecular flexibility index (Phi) is 4.13. The summed E-state index contributed by atoms with van der Waals surface area (Å²) in [7, 11) is 1.73. The van der Waals surface area contributed by atoms with Crippen LogP contribution in [0.1, 0.15) is 12.0 Å². The van der Waals surface area contributed by atoms with Crippen molar-refractivity contribution >= 4 is 23.2 Å². The van der Waals surface area contributed by atoms with Gasteiger partial charge in [-0.3, -0.25) is 4.79 Å². The summed E-state index contributed by atoms with van der Waals surface area (Å²) in [6.45, 7) is 0.244. The minimum absolute atomic E-state index is 0.0770. The van der Waals surface area contributed by atoms with E-state index in [4.69, 9.17) is 22.8 Å². The normalized spacial score (nSPS) is 18.8. The number of amides is 1. The third kappa shape index (κ3) is 2.91. The number of nitrogens with zero attached hydrogens (tertiary/aromatic N) is 1. The van der Waals surface area contributed by atoms with E-state index in [9.17, 15) is 4.79 Å². The van der Waals surface area contributed by atoms with Gasteiger partial charge in [0.15, 0.2) is 0 Å². The fourth-order valence-electron chi connectivity index (χ4n) is 1.94. The summed E-state index contributed by atoms with van der Waals surface area (Å²) in [4.78, 5) is 13.4. The Morgan fingerprint density at radius 2 is 2.16 bits per heavy atom. The summed E-state index contributed by atoms with van der Waals surface area (Å²) in [6, 6.07) is 7.46. The zero-order chi connectivity index (χ0) is 13.8. The number of terminal acetylenes is 1. The number of halogens is 1. The highest BCUT2D eigenvalue weighted by atomic mass is 35.5. The molecule has 1 aromatic rings. The third-order valence-electron chi connectivity index (χ3n) is 2.95. The Hall–Kier alpha value is -1.92. The van der Waals surface area contributed by atoms with Gasteiger partial charge in [-0.05, 0) is 36.2 Å². The van der Waals surface area contributed by atoms with E-state index in [-0.39, 0.29) is 12.5 Å². The van der Waals surface area contributed by atoms with Crippen LogP contribution in [0.5, 0.6) is 5.75 Å². The maximum absolute atomic E-state index is 11.8. The van der Waals surface area contributed by atoms with Gasteiger partial charge in [0, 0.05) is 12.7 Å². The number of carbonyl (C=O) groups excluding carboxylic acids is 1. The average molecular weight is 276 g/mol. The Morgan fingerprint density at radius 1 is 1.47 bits per heavy atom. The van der Waals surface area contributed by atoms with Crippen LogP contribution in [0.3, 0.4) is 0 Å². The molecule has 0 aliphatic carbocycles. The number of allylic oxidation sites excluding steroid dienone is 1. The first-order chi connectivity index (χ1) is 9.13. The minimum Gasteiger partial charge on any atom is -0.481 e. The van der Waals surface area contributed by atoms with Crippen LogP contribution >= 0.6 is 11.6 Å². The van der Waals surface area contributed by atoms with E-state index in [2.05, 4.69) is 5.92 Å². The van der Waals surface area contributed by atoms with Gasteiger partial charge in [-0.15, -0.1) is 18.0 Å². The number of benzene rings is 1. The zero-order valence-electron chi connectivity index (χ0n) is 10.6. The first-order valence-corrected chi connectivity index (χ1v) is 6.35. The van der Waals surface area contributed by atoms with Gasteiger partial charge in [0.25, 0.3) is 0 Å². The van der Waals surface area contributed by atoms with E-state index >= 15 is 0 Å². The average Bonchev–Trinajstić information content (AvgIpc) is 2.44. The van der Waals surface area contributed by atoms with Gasteiger partial charge in [0.05, 0.1) is 0 Å². The van der Waals surface area contributed by atoms with Gasteiger partial charge >= 0.3 is 0 Å². The van der Waals surface area contributed by atoms with Crippen molar-refractivity contribution in [2.75, 3.05) is 13.7 Å². The summed E-state index contributed by atoms with van der Waals surface area (Å²) >= 11 is 5.92. The van der Waals surface area contributed by atoms with Crippen molar-refractivity contribution in [2.24, 2.45) is 0 Å². The predicted molar refractivity (Wildman–Crippen MR) is 75.8 cm³/mol. The number of rotatable bonds is 3. The quantitative estimate of drug-likeness (QED) is 0.627. The summed E-state index contributed by atoms with van der Waals surface area (Å²) < 4.78 is 5.31. The van der Waals surface area contributed by atoms with E-state index < -0.39 is 5.38 Å². The minimum atomic E-state index is -0.466. The Bertz CT molecular complexity index is 542. The maximum Gasteiger partial charge on any atom is 0.245 e. The summed E-state index contributed by atoms with van der Waals surface area (Å²) in [5.41, 5.74) is 1.82. The van der Waals surface area contributed by atoms with Crippen LogP contribution in [0, 0.1) is 12.3 Å². The topological polar surface area (TPSA) is 29.5 Å². The Balaban J connectivity index is 2.19. The van der Waals surface area contributed by atoms with Crippen LogP contribution in [0.25, 0.3) is 5.70 Å². The van der Waals surface area contributed by atoms with Crippen molar-refractivity contribution in [3.8, 4) is 18.1 Å². The maximum atomic E-state index is 11.8. The summed E-state index contributed by atoms with van der Waals surface area (Å²) in [5.74, 6) is 3.04. The molecule has 1 aliphatic heterocycles. The molecule has 0 N–H and O–H groups in total. The van der Waals surface area contributed by atoms with E-state index in [0.29, 0.717) is 12.2 Å². The molecule has 1 aliphatic rings. The van der Waals surface area contributed by atoms with Gasteiger partial charge in [0.2, 0.25) is 5.91 Å². The Labute approximate surface area is 117 Å². The van der Waals surface area contributed by atoms with Gasteiger partial charge < -0.3 is 9.64 Å². The molecule has 1 amide bonds. The monoisotopic (exact) mass is 275 g/mol.